The van der Waals surface area contributed by atoms with Crippen molar-refractivity contribution in [3.8, 4) is 17.6 Å². The summed E-state index contributed by atoms with van der Waals surface area (Å²) in [7, 11) is 1.89. The largest absolute Gasteiger partial charge is 0.508 e. The molecule has 1 aromatic heterocycles. The highest BCUT2D eigenvalue weighted by molar-refractivity contribution is 7.19. The number of aromatic nitrogens is 1. The molecule has 0 aliphatic carbocycles. The third-order valence-corrected chi connectivity index (χ3v) is 4.07. The molecule has 0 atom stereocenters. The smallest absolute Gasteiger partial charge is 0.117 e. The van der Waals surface area contributed by atoms with Gasteiger partial charge in [-0.15, -0.1) is 11.3 Å². The zero-order valence-corrected chi connectivity index (χ0v) is 12.8. The number of phenolic OH excluding ortho intramolecular Hbond substituents is 1. The lowest BCUT2D eigenvalue weighted by Crippen LogP contribution is -1.86. The highest BCUT2D eigenvalue weighted by Gasteiger charge is 2.01. The fourth-order valence-electron chi connectivity index (χ4n) is 1.96. The Hall–Kier alpha value is -2.77. The standard InChI is InChI=1S/C18H14N2OS/c1-19-14-8-6-13(7-9-14)4-2-3-5-18-20-16-11-10-15(21)12-17(16)22-18/h3,5-12,19,21H,1H3/b5-3+/i1-1. The molecule has 0 bridgehead atoms. The Balaban J connectivity index is 1.74. The summed E-state index contributed by atoms with van der Waals surface area (Å²) in [6.45, 7) is 0. The number of rotatable bonds is 2. The van der Waals surface area contributed by atoms with Crippen LogP contribution in [0.2, 0.25) is 0 Å². The molecule has 1 heterocycles. The zero-order valence-electron chi connectivity index (χ0n) is 12.0. The molecule has 22 heavy (non-hydrogen) atoms. The minimum absolute atomic E-state index is 0.261. The second kappa shape index (κ2) is 6.33. The summed E-state index contributed by atoms with van der Waals surface area (Å²) in [5.74, 6) is 6.35. The van der Waals surface area contributed by atoms with Gasteiger partial charge in [0, 0.05) is 18.3 Å². The van der Waals surface area contributed by atoms with Crippen molar-refractivity contribution >= 4 is 33.3 Å². The third kappa shape index (κ3) is 3.27. The molecule has 0 saturated heterocycles. The molecule has 0 amide bonds. The van der Waals surface area contributed by atoms with Crippen LogP contribution in [0.4, 0.5) is 5.69 Å². The van der Waals surface area contributed by atoms with Crippen LogP contribution in [0.15, 0.2) is 48.5 Å². The molecule has 4 heteroatoms. The van der Waals surface area contributed by atoms with Crippen LogP contribution in [0.3, 0.4) is 0 Å². The lowest BCUT2D eigenvalue weighted by molar-refractivity contribution is 0.476. The van der Waals surface area contributed by atoms with E-state index in [0.717, 1.165) is 26.5 Å². The lowest BCUT2D eigenvalue weighted by atomic mass is 10.2. The van der Waals surface area contributed by atoms with E-state index in [-0.39, 0.29) is 5.75 Å². The van der Waals surface area contributed by atoms with E-state index in [0.29, 0.717) is 0 Å². The molecule has 3 rings (SSSR count). The Bertz CT molecular complexity index is 883. The zero-order chi connectivity index (χ0) is 15.4. The maximum Gasteiger partial charge on any atom is 0.117 e. The van der Waals surface area contributed by atoms with E-state index in [1.807, 2.05) is 43.5 Å². The van der Waals surface area contributed by atoms with Crippen LogP contribution in [-0.4, -0.2) is 17.1 Å². The average molecular weight is 305 g/mol. The number of aromatic hydroxyl groups is 1. The Labute approximate surface area is 133 Å². The minimum Gasteiger partial charge on any atom is -0.508 e. The molecule has 0 aliphatic rings. The van der Waals surface area contributed by atoms with Crippen LogP contribution in [0.1, 0.15) is 10.6 Å². The van der Waals surface area contributed by atoms with Crippen molar-refractivity contribution < 1.29 is 5.11 Å². The van der Waals surface area contributed by atoms with E-state index in [2.05, 4.69) is 22.1 Å². The molecule has 0 fully saturated rings. The molecular formula is C18H14N2OS. The van der Waals surface area contributed by atoms with Crippen molar-refractivity contribution in [3.63, 3.8) is 0 Å². The summed E-state index contributed by atoms with van der Waals surface area (Å²) in [4.78, 5) is 4.47. The van der Waals surface area contributed by atoms with E-state index in [1.54, 1.807) is 18.2 Å². The molecule has 3 aromatic rings. The van der Waals surface area contributed by atoms with Gasteiger partial charge in [0.15, 0.2) is 0 Å². The number of fused-ring (bicyclic) bond motifs is 1. The van der Waals surface area contributed by atoms with E-state index in [1.165, 1.54) is 11.3 Å². The SMILES string of the molecule is [11CH3]Nc1ccc(C#C/C=C/c2nc3ccc(O)cc3s2)cc1. The molecule has 0 spiro atoms. The molecule has 2 aromatic carbocycles. The second-order valence-corrected chi connectivity index (χ2v) is 5.70. The van der Waals surface area contributed by atoms with Crippen LogP contribution >= 0.6 is 11.3 Å². The maximum atomic E-state index is 9.45. The molecule has 0 saturated carbocycles. The summed E-state index contributed by atoms with van der Waals surface area (Å²) >= 11 is 1.53. The van der Waals surface area contributed by atoms with Gasteiger partial charge in [-0.05, 0) is 54.6 Å². The molecule has 0 radical (unpaired) electrons. The summed E-state index contributed by atoms with van der Waals surface area (Å²) < 4.78 is 0.968. The highest BCUT2D eigenvalue weighted by atomic mass is 32.1. The number of hydrogen-bond acceptors (Lipinski definition) is 4. The van der Waals surface area contributed by atoms with Gasteiger partial charge >= 0.3 is 0 Å². The van der Waals surface area contributed by atoms with Crippen LogP contribution in [0.25, 0.3) is 16.3 Å². The fourth-order valence-corrected chi connectivity index (χ4v) is 2.86. The average Bonchev–Trinajstić information content (AvgIpc) is 2.94. The van der Waals surface area contributed by atoms with Crippen LogP contribution in [0.5, 0.6) is 5.75 Å². The number of allylic oxidation sites excluding steroid dienone is 1. The Morgan fingerprint density at radius 1 is 1.18 bits per heavy atom. The van der Waals surface area contributed by atoms with Gasteiger partial charge in [0.05, 0.1) is 10.2 Å². The number of nitrogens with one attached hydrogen (secondary N) is 1. The minimum atomic E-state index is 0.261. The lowest BCUT2D eigenvalue weighted by Gasteiger charge is -1.97. The Morgan fingerprint density at radius 2 is 2.00 bits per heavy atom. The Kier molecular flexibility index (Phi) is 4.08. The fraction of sp³-hybridized carbons (Fsp3) is 0.0556. The van der Waals surface area contributed by atoms with Crippen molar-refractivity contribution in [3.05, 3.63) is 59.1 Å². The van der Waals surface area contributed by atoms with Crippen LogP contribution in [0, 0.1) is 11.8 Å². The van der Waals surface area contributed by atoms with E-state index in [9.17, 15) is 5.11 Å². The summed E-state index contributed by atoms with van der Waals surface area (Å²) in [5.41, 5.74) is 2.93. The van der Waals surface area contributed by atoms with Crippen molar-refractivity contribution in [1.82, 2.24) is 4.98 Å². The van der Waals surface area contributed by atoms with Gasteiger partial charge in [-0.25, -0.2) is 4.98 Å². The quantitative estimate of drug-likeness (QED) is 0.700. The monoisotopic (exact) mass is 305 g/mol. The first-order valence-electron chi connectivity index (χ1n) is 6.80. The van der Waals surface area contributed by atoms with Crippen molar-refractivity contribution in [2.24, 2.45) is 0 Å². The summed E-state index contributed by atoms with van der Waals surface area (Å²) in [5, 5.41) is 13.4. The van der Waals surface area contributed by atoms with Gasteiger partial charge in [-0.2, -0.15) is 0 Å². The number of hydrogen-bond donors (Lipinski definition) is 2. The first-order valence-corrected chi connectivity index (χ1v) is 7.62. The molecule has 108 valence electrons. The first kappa shape index (κ1) is 14.2. The Morgan fingerprint density at radius 3 is 2.77 bits per heavy atom. The number of phenols is 1. The van der Waals surface area contributed by atoms with Crippen molar-refractivity contribution in [2.45, 2.75) is 0 Å². The number of nitrogens with zero attached hydrogens (tertiary/aromatic N) is 1. The van der Waals surface area contributed by atoms with Gasteiger partial charge in [0.25, 0.3) is 0 Å². The topological polar surface area (TPSA) is 45.2 Å². The van der Waals surface area contributed by atoms with Gasteiger partial charge < -0.3 is 10.4 Å². The molecule has 0 aliphatic heterocycles. The third-order valence-electron chi connectivity index (χ3n) is 3.09. The molecule has 2 N–H and O–H groups in total. The first-order chi connectivity index (χ1) is 10.7. The normalized spacial score (nSPS) is 10.6. The maximum absolute atomic E-state index is 9.45. The number of benzene rings is 2. The van der Waals surface area contributed by atoms with Crippen molar-refractivity contribution in [2.75, 3.05) is 12.4 Å². The van der Waals surface area contributed by atoms with E-state index < -0.39 is 0 Å². The predicted molar refractivity (Wildman–Crippen MR) is 93.2 cm³/mol. The second-order valence-electron chi connectivity index (χ2n) is 4.63. The van der Waals surface area contributed by atoms with Crippen LogP contribution in [-0.2, 0) is 0 Å². The van der Waals surface area contributed by atoms with Crippen LogP contribution < -0.4 is 5.32 Å². The highest BCUT2D eigenvalue weighted by Crippen LogP contribution is 2.26. The molecule has 0 unspecified atom stereocenters. The molecular weight excluding hydrogens is 291 g/mol. The summed E-state index contributed by atoms with van der Waals surface area (Å²) in [6, 6.07) is 13.1. The van der Waals surface area contributed by atoms with E-state index in [4.69, 9.17) is 0 Å². The predicted octanol–water partition coefficient (Wildman–Crippen LogP) is 4.11. The van der Waals surface area contributed by atoms with Gasteiger partial charge in [0.2, 0.25) is 0 Å². The van der Waals surface area contributed by atoms with Gasteiger partial charge in [-0.3, -0.25) is 0 Å². The molecule has 3 nitrogen and oxygen atoms in total. The summed E-state index contributed by atoms with van der Waals surface area (Å²) in [6.07, 6.45) is 3.68. The van der Waals surface area contributed by atoms with E-state index >= 15 is 0 Å². The van der Waals surface area contributed by atoms with Gasteiger partial charge in [-0.1, -0.05) is 11.8 Å². The number of anilines is 1. The van der Waals surface area contributed by atoms with Gasteiger partial charge in [0.1, 0.15) is 10.8 Å². The van der Waals surface area contributed by atoms with Crippen molar-refractivity contribution in [1.29, 1.82) is 0 Å². The number of thiazole rings is 1.